The highest BCUT2D eigenvalue weighted by Gasteiger charge is 2.30. The Balaban J connectivity index is 0.000000435. The van der Waals surface area contributed by atoms with Crippen molar-refractivity contribution in [2.24, 2.45) is 0 Å². The fourth-order valence-electron chi connectivity index (χ4n) is 6.55. The average Bonchev–Trinajstić information content (AvgIpc) is 4.15. The van der Waals surface area contributed by atoms with Gasteiger partial charge in [0, 0.05) is 25.9 Å². The van der Waals surface area contributed by atoms with E-state index in [1.54, 1.807) is 129 Å². The number of alkyl carbamates (subject to hydrolysis) is 2. The van der Waals surface area contributed by atoms with E-state index in [9.17, 15) is 28.8 Å². The summed E-state index contributed by atoms with van der Waals surface area (Å²) in [5.41, 5.74) is -0.605. The van der Waals surface area contributed by atoms with Crippen molar-refractivity contribution in [1.82, 2.24) is 21.3 Å². The van der Waals surface area contributed by atoms with Gasteiger partial charge in [-0.05, 0) is 122 Å². The molecule has 0 spiro atoms. The molecule has 0 saturated carbocycles. The Morgan fingerprint density at radius 1 is 0.470 bits per heavy atom. The third-order valence-electron chi connectivity index (χ3n) is 10.0. The molecule has 0 bridgehead atoms. The van der Waals surface area contributed by atoms with Crippen LogP contribution in [0, 0.1) is 34.0 Å². The summed E-state index contributed by atoms with van der Waals surface area (Å²) >= 11 is 2.29. The number of carbonyl (C=O) groups excluding carboxylic acids is 6. The monoisotopic (exact) mass is 1190 g/mol. The second-order valence-electron chi connectivity index (χ2n) is 20.6. The summed E-state index contributed by atoms with van der Waals surface area (Å²) in [5.74, 6) is -0.523. The van der Waals surface area contributed by atoms with Crippen LogP contribution in [0.15, 0.2) is 72.8 Å². The molecule has 0 unspecified atom stereocenters. The van der Waals surface area contributed by atoms with Crippen LogP contribution in [0.25, 0.3) is 0 Å². The van der Waals surface area contributed by atoms with Gasteiger partial charge in [0.2, 0.25) is 0 Å². The van der Waals surface area contributed by atoms with Gasteiger partial charge in [-0.1, -0.05) is 24.3 Å². The minimum atomic E-state index is -1.03. The molecule has 25 heteroatoms. The van der Waals surface area contributed by atoms with Crippen molar-refractivity contribution < 1.29 is 76.1 Å². The summed E-state index contributed by atoms with van der Waals surface area (Å²) in [7, 11) is 0. The highest BCUT2D eigenvalue weighted by atomic mass is 32.1. The van der Waals surface area contributed by atoms with Crippen molar-refractivity contribution in [3.63, 3.8) is 0 Å². The molecule has 2 heterocycles. The predicted octanol–water partition coefficient (Wildman–Crippen LogP) is 7.20. The number of carbonyl (C=O) groups is 6. The van der Waals surface area contributed by atoms with E-state index in [0.29, 0.717) is 110 Å². The van der Waals surface area contributed by atoms with Crippen molar-refractivity contribution in [3.05, 3.63) is 103 Å². The Bertz CT molecular complexity index is 2780. The number of thiophene rings is 2. The molecule has 0 aliphatic carbocycles. The summed E-state index contributed by atoms with van der Waals surface area (Å²) in [6.07, 6.45) is -1.11. The fraction of sp³-hybridized carbons (Fsp3) is 0.500. The Hall–Kier alpha value is -7.83. The molecule has 23 nitrogen and oxygen atoms in total. The molecule has 0 radical (unpaired) electrons. The lowest BCUT2D eigenvalue weighted by molar-refractivity contribution is -0.157. The maximum absolute atomic E-state index is 12.8. The molecule has 2 atom stereocenters. The van der Waals surface area contributed by atoms with E-state index in [1.165, 1.54) is 0 Å². The zero-order valence-corrected chi connectivity index (χ0v) is 50.0. The van der Waals surface area contributed by atoms with Gasteiger partial charge in [-0.2, -0.15) is 15.8 Å². The summed E-state index contributed by atoms with van der Waals surface area (Å²) in [6, 6.07) is 24.4. The number of rotatable bonds is 31. The molecule has 0 fully saturated rings. The largest absolute Gasteiger partial charge is 0.491 e. The van der Waals surface area contributed by atoms with Crippen LogP contribution in [-0.4, -0.2) is 151 Å². The van der Waals surface area contributed by atoms with Gasteiger partial charge in [-0.25, -0.2) is 19.2 Å². The standard InChI is InChI=1S/C30H41N3O8S.C28H34N4O8S/c1-29(2,3)40-27(35)24(33-28(36)41-30(4,5)6)19-21-7-9-22(10-8-21)39-18-17-38-16-15-37-14-13-32-26(34)25-12-11-23(20-31)42-25;1-28(2,3)40-27(35)32-23(26(34)39-12-10-29)18-20-4-6-21(7-5-20)38-17-16-37-15-14-36-13-11-31-25(33)24-9-8-22(19-30)41-24/h7-12,24H,13-19H2,1-6H3,(H,32,34)(H,33,36);4-9,23H,11-18H2,1-3H3,(H,31,33)(H,32,35)/t24-;23-/m00/s1. The number of nitrogens with one attached hydrogen (secondary N) is 4. The highest BCUT2D eigenvalue weighted by molar-refractivity contribution is 7.14. The number of benzene rings is 2. The predicted molar refractivity (Wildman–Crippen MR) is 306 cm³/mol. The maximum Gasteiger partial charge on any atom is 0.408 e. The topological polar surface area (TPSA) is 314 Å². The quantitative estimate of drug-likeness (QED) is 0.0220. The lowest BCUT2D eigenvalue weighted by Gasteiger charge is -2.26. The molecule has 2 aromatic heterocycles. The summed E-state index contributed by atoms with van der Waals surface area (Å²) in [4.78, 5) is 75.5. The van der Waals surface area contributed by atoms with Crippen molar-refractivity contribution in [3.8, 4) is 29.7 Å². The minimum absolute atomic E-state index is 0.132. The number of esters is 2. The van der Waals surface area contributed by atoms with Gasteiger partial charge in [0.25, 0.3) is 11.8 Å². The molecule has 450 valence electrons. The first-order valence-corrected chi connectivity index (χ1v) is 28.1. The normalized spacial score (nSPS) is 11.8. The first-order valence-electron chi connectivity index (χ1n) is 26.4. The first kappa shape index (κ1) is 69.4. The SMILES string of the molecule is CC(C)(C)OC(=O)N[C@@H](Cc1ccc(OCCOCCOCCNC(=O)c2ccc(C#N)s2)cc1)C(=O)OC(C)(C)C.CC(C)(C)OC(=O)N[C@@H](Cc1ccc(OCCOCCOCCNC(=O)c2ccc(C#N)s2)cc1)C(=O)OCC#N. The van der Waals surface area contributed by atoms with Crippen molar-refractivity contribution >= 4 is 58.6 Å². The lowest BCUT2D eigenvalue weighted by Crippen LogP contribution is -2.47. The molecule has 0 aliphatic heterocycles. The van der Waals surface area contributed by atoms with Gasteiger partial charge in [-0.15, -0.1) is 22.7 Å². The molecule has 0 aliphatic rings. The van der Waals surface area contributed by atoms with Crippen LogP contribution in [-0.2, 0) is 60.3 Å². The third kappa shape index (κ3) is 31.3. The smallest absolute Gasteiger partial charge is 0.408 e. The second-order valence-corrected chi connectivity index (χ2v) is 22.8. The van der Waals surface area contributed by atoms with Gasteiger partial charge in [-0.3, -0.25) is 9.59 Å². The fourth-order valence-corrected chi connectivity index (χ4v) is 7.99. The Kier molecular flexibility index (Phi) is 30.6. The van der Waals surface area contributed by atoms with Crippen LogP contribution in [0.5, 0.6) is 11.5 Å². The number of hydrogen-bond donors (Lipinski definition) is 4. The van der Waals surface area contributed by atoms with E-state index in [2.05, 4.69) is 21.3 Å². The second kappa shape index (κ2) is 36.6. The van der Waals surface area contributed by atoms with Crippen LogP contribution in [0.4, 0.5) is 9.59 Å². The summed E-state index contributed by atoms with van der Waals surface area (Å²) < 4.78 is 54.1. The van der Waals surface area contributed by atoms with Gasteiger partial charge in [0.1, 0.15) is 81.6 Å². The Labute approximate surface area is 492 Å². The number of nitriles is 3. The van der Waals surface area contributed by atoms with Crippen LogP contribution in [0.1, 0.15) is 103 Å². The van der Waals surface area contributed by atoms with Gasteiger partial charge in [0.05, 0.1) is 62.6 Å². The van der Waals surface area contributed by atoms with E-state index in [-0.39, 0.29) is 24.7 Å². The van der Waals surface area contributed by atoms with E-state index in [1.807, 2.05) is 24.3 Å². The van der Waals surface area contributed by atoms with E-state index in [0.717, 1.165) is 33.8 Å². The van der Waals surface area contributed by atoms with Crippen LogP contribution < -0.4 is 30.7 Å². The zero-order chi connectivity index (χ0) is 61.3. The number of amides is 4. The van der Waals surface area contributed by atoms with E-state index >= 15 is 0 Å². The summed E-state index contributed by atoms with van der Waals surface area (Å²) in [6.45, 7) is 19.4. The molecule has 83 heavy (non-hydrogen) atoms. The van der Waals surface area contributed by atoms with Gasteiger partial charge < -0.3 is 68.6 Å². The molecule has 0 saturated heterocycles. The van der Waals surface area contributed by atoms with Crippen LogP contribution >= 0.6 is 22.7 Å². The third-order valence-corrected chi connectivity index (χ3v) is 12.0. The van der Waals surface area contributed by atoms with Gasteiger partial charge in [0.15, 0.2) is 6.61 Å². The van der Waals surface area contributed by atoms with Crippen molar-refractivity contribution in [2.45, 2.75) is 104 Å². The minimum Gasteiger partial charge on any atom is -0.491 e. The maximum atomic E-state index is 12.8. The van der Waals surface area contributed by atoms with E-state index < -0.39 is 59.6 Å². The molecule has 4 aromatic rings. The molecule has 4 N–H and O–H groups in total. The Morgan fingerprint density at radius 3 is 1.18 bits per heavy atom. The molecule has 4 rings (SSSR count). The molecular formula is C58H75N7O16S2. The number of ether oxygens (including phenoxy) is 10. The molecule has 2 aromatic carbocycles. The first-order chi connectivity index (χ1) is 39.4. The van der Waals surface area contributed by atoms with Gasteiger partial charge >= 0.3 is 24.1 Å². The zero-order valence-electron chi connectivity index (χ0n) is 48.4. The number of nitrogens with zero attached hydrogens (tertiary/aromatic N) is 3. The van der Waals surface area contributed by atoms with Crippen LogP contribution in [0.3, 0.4) is 0 Å². The number of hydrogen-bond acceptors (Lipinski definition) is 21. The average molecular weight is 1190 g/mol. The van der Waals surface area contributed by atoms with Crippen LogP contribution in [0.2, 0.25) is 0 Å². The Morgan fingerprint density at radius 2 is 0.831 bits per heavy atom. The van der Waals surface area contributed by atoms with Crippen molar-refractivity contribution in [1.29, 1.82) is 15.8 Å². The highest BCUT2D eigenvalue weighted by Crippen LogP contribution is 2.19. The molecule has 4 amide bonds. The lowest BCUT2D eigenvalue weighted by atomic mass is 10.1. The van der Waals surface area contributed by atoms with E-state index in [4.69, 9.17) is 63.2 Å². The van der Waals surface area contributed by atoms with Crippen molar-refractivity contribution in [2.75, 3.05) is 85.8 Å². The molecular weight excluding hydrogens is 1110 g/mol. The summed E-state index contributed by atoms with van der Waals surface area (Å²) in [5, 5.41) is 36.9.